The van der Waals surface area contributed by atoms with Gasteiger partial charge in [-0.3, -0.25) is 4.79 Å². The molecule has 0 aliphatic carbocycles. The molecule has 0 aromatic heterocycles. The largest absolute Gasteiger partial charge is 0.375 e. The Labute approximate surface area is 145 Å². The average Bonchev–Trinajstić information content (AvgIpc) is 3.00. The van der Waals surface area contributed by atoms with E-state index in [0.29, 0.717) is 17.3 Å². The van der Waals surface area contributed by atoms with Gasteiger partial charge in [-0.15, -0.1) is 0 Å². The van der Waals surface area contributed by atoms with Gasteiger partial charge in [-0.05, 0) is 24.1 Å². The highest BCUT2D eigenvalue weighted by molar-refractivity contribution is 6.30. The molecule has 124 valence electrons. The van der Waals surface area contributed by atoms with E-state index in [-0.39, 0.29) is 29.7 Å². The van der Waals surface area contributed by atoms with Crippen LogP contribution in [0.1, 0.15) is 36.6 Å². The molecule has 0 bridgehead atoms. The van der Waals surface area contributed by atoms with E-state index in [1.807, 2.05) is 35.2 Å². The predicted molar refractivity (Wildman–Crippen MR) is 92.5 cm³/mol. The molecule has 1 saturated heterocycles. The smallest absolute Gasteiger partial charge is 0.219 e. The molecule has 2 aliphatic heterocycles. The topological polar surface area (TPSA) is 32.3 Å². The number of nitrogens with one attached hydrogen (secondary N) is 1. The second-order valence-electron chi connectivity index (χ2n) is 6.49. The molecule has 3 atom stereocenters. The summed E-state index contributed by atoms with van der Waals surface area (Å²) in [5.74, 6) is -0.156. The van der Waals surface area contributed by atoms with E-state index >= 15 is 0 Å². The number of amides is 1. The fourth-order valence-electron chi connectivity index (χ4n) is 4.15. The molecule has 2 heterocycles. The van der Waals surface area contributed by atoms with E-state index in [4.69, 9.17) is 11.6 Å². The number of nitrogens with zero attached hydrogens (tertiary/aromatic N) is 1. The number of carbonyl (C=O) groups excluding carboxylic acids is 1. The maximum Gasteiger partial charge on any atom is 0.219 e. The molecular formula is C19H18ClFN2O. The van der Waals surface area contributed by atoms with Crippen molar-refractivity contribution in [3.8, 4) is 0 Å². The second kappa shape index (κ2) is 5.78. The van der Waals surface area contributed by atoms with Gasteiger partial charge in [0.25, 0.3) is 0 Å². The summed E-state index contributed by atoms with van der Waals surface area (Å²) >= 11 is 6.08. The molecule has 2 aromatic carbocycles. The number of hydrogen-bond donors (Lipinski definition) is 1. The summed E-state index contributed by atoms with van der Waals surface area (Å²) in [6.45, 7) is 2.26. The molecule has 1 amide bonds. The van der Waals surface area contributed by atoms with Crippen molar-refractivity contribution in [3.05, 3.63) is 64.4 Å². The van der Waals surface area contributed by atoms with Crippen molar-refractivity contribution < 1.29 is 9.18 Å². The first kappa shape index (κ1) is 15.5. The molecule has 4 rings (SSSR count). The van der Waals surface area contributed by atoms with Crippen LogP contribution in [0.25, 0.3) is 0 Å². The zero-order chi connectivity index (χ0) is 16.8. The quantitative estimate of drug-likeness (QED) is 0.822. The van der Waals surface area contributed by atoms with Crippen LogP contribution in [0.15, 0.2) is 42.5 Å². The highest BCUT2D eigenvalue weighted by Gasteiger charge is 2.46. The van der Waals surface area contributed by atoms with Gasteiger partial charge in [-0.2, -0.15) is 0 Å². The lowest BCUT2D eigenvalue weighted by molar-refractivity contribution is -0.130. The molecule has 0 saturated carbocycles. The van der Waals surface area contributed by atoms with Crippen molar-refractivity contribution in [1.82, 2.24) is 4.90 Å². The minimum atomic E-state index is -0.368. The molecule has 0 spiro atoms. The van der Waals surface area contributed by atoms with Crippen LogP contribution in [0.5, 0.6) is 0 Å². The third-order valence-corrected chi connectivity index (χ3v) is 5.36. The minimum Gasteiger partial charge on any atom is -0.375 e. The maximum atomic E-state index is 14.6. The Bertz CT molecular complexity index is 795. The van der Waals surface area contributed by atoms with E-state index in [0.717, 1.165) is 17.5 Å². The second-order valence-corrected chi connectivity index (χ2v) is 6.93. The lowest BCUT2D eigenvalue weighted by Crippen LogP contribution is -2.37. The molecule has 2 aliphatic rings. The third kappa shape index (κ3) is 2.37. The summed E-state index contributed by atoms with van der Waals surface area (Å²) in [6.07, 6.45) is 0.879. The summed E-state index contributed by atoms with van der Waals surface area (Å²) in [5.41, 5.74) is 2.35. The Hall–Kier alpha value is -2.07. The Morgan fingerprint density at radius 1 is 1.29 bits per heavy atom. The molecule has 24 heavy (non-hydrogen) atoms. The van der Waals surface area contributed by atoms with Crippen molar-refractivity contribution in [2.75, 3.05) is 11.9 Å². The van der Waals surface area contributed by atoms with Crippen molar-refractivity contribution in [2.24, 2.45) is 5.92 Å². The highest BCUT2D eigenvalue weighted by Crippen LogP contribution is 2.52. The van der Waals surface area contributed by atoms with Gasteiger partial charge in [-0.1, -0.05) is 41.9 Å². The molecule has 1 fully saturated rings. The zero-order valence-corrected chi connectivity index (χ0v) is 14.1. The summed E-state index contributed by atoms with van der Waals surface area (Å²) in [6, 6.07) is 13.0. The van der Waals surface area contributed by atoms with E-state index < -0.39 is 0 Å². The molecule has 3 nitrogen and oxygen atoms in total. The number of anilines is 1. The fraction of sp³-hybridized carbons (Fsp3) is 0.316. The zero-order valence-electron chi connectivity index (χ0n) is 13.3. The van der Waals surface area contributed by atoms with Gasteiger partial charge >= 0.3 is 0 Å². The van der Waals surface area contributed by atoms with Gasteiger partial charge in [0.15, 0.2) is 0 Å². The van der Waals surface area contributed by atoms with Crippen LogP contribution >= 0.6 is 11.6 Å². The minimum absolute atomic E-state index is 0.0162. The van der Waals surface area contributed by atoms with Crippen LogP contribution < -0.4 is 5.32 Å². The van der Waals surface area contributed by atoms with Crippen LogP contribution in [-0.2, 0) is 4.79 Å². The number of likely N-dealkylation sites (tertiary alicyclic amines) is 1. The number of rotatable bonds is 1. The summed E-state index contributed by atoms with van der Waals surface area (Å²) < 4.78 is 14.6. The van der Waals surface area contributed by atoms with Crippen molar-refractivity contribution in [1.29, 1.82) is 0 Å². The molecule has 1 N–H and O–H groups in total. The lowest BCUT2D eigenvalue weighted by Gasteiger charge is -2.40. The monoisotopic (exact) mass is 344 g/mol. The molecule has 5 heteroatoms. The fourth-order valence-corrected chi connectivity index (χ4v) is 4.36. The normalized spacial score (nSPS) is 25.0. The van der Waals surface area contributed by atoms with Gasteiger partial charge in [0.1, 0.15) is 5.82 Å². The molecule has 2 aromatic rings. The SMILES string of the molecule is CC(=O)N1CCC2C(c3ccccc3)Nc3c(F)cc(Cl)cc3C21. The van der Waals surface area contributed by atoms with Crippen molar-refractivity contribution in [3.63, 3.8) is 0 Å². The van der Waals surface area contributed by atoms with Gasteiger partial charge in [0, 0.05) is 30.0 Å². The number of carbonyl (C=O) groups is 1. The predicted octanol–water partition coefficient (Wildman–Crippen LogP) is 4.56. The van der Waals surface area contributed by atoms with Gasteiger partial charge in [0.05, 0.1) is 17.8 Å². The first-order valence-electron chi connectivity index (χ1n) is 8.14. The number of fused-ring (bicyclic) bond motifs is 3. The van der Waals surface area contributed by atoms with E-state index in [2.05, 4.69) is 5.32 Å². The first-order valence-corrected chi connectivity index (χ1v) is 8.51. The van der Waals surface area contributed by atoms with Crippen LogP contribution in [0, 0.1) is 11.7 Å². The number of benzene rings is 2. The van der Waals surface area contributed by atoms with Crippen LogP contribution in [-0.4, -0.2) is 17.4 Å². The molecule has 3 unspecified atom stereocenters. The standard InChI is InChI=1S/C19H18ClFN2O/c1-11(24)23-8-7-14-17(12-5-3-2-4-6-12)22-18-15(19(14)23)9-13(20)10-16(18)21/h2-6,9-10,14,17,19,22H,7-8H2,1H3. The number of halogens is 2. The highest BCUT2D eigenvalue weighted by atomic mass is 35.5. The maximum absolute atomic E-state index is 14.6. The molecular weight excluding hydrogens is 327 g/mol. The molecule has 0 radical (unpaired) electrons. The Morgan fingerprint density at radius 3 is 2.75 bits per heavy atom. The van der Waals surface area contributed by atoms with Crippen LogP contribution in [0.2, 0.25) is 5.02 Å². The van der Waals surface area contributed by atoms with Crippen molar-refractivity contribution in [2.45, 2.75) is 25.4 Å². The lowest BCUT2D eigenvalue weighted by atomic mass is 9.80. The van der Waals surface area contributed by atoms with Gasteiger partial charge < -0.3 is 10.2 Å². The van der Waals surface area contributed by atoms with Crippen LogP contribution in [0.4, 0.5) is 10.1 Å². The summed E-state index contributed by atoms with van der Waals surface area (Å²) in [7, 11) is 0. The van der Waals surface area contributed by atoms with Crippen LogP contribution in [0.3, 0.4) is 0 Å². The third-order valence-electron chi connectivity index (χ3n) is 5.14. The van der Waals surface area contributed by atoms with Gasteiger partial charge in [0.2, 0.25) is 5.91 Å². The Balaban J connectivity index is 1.87. The van der Waals surface area contributed by atoms with E-state index in [1.165, 1.54) is 6.07 Å². The summed E-state index contributed by atoms with van der Waals surface area (Å²) in [4.78, 5) is 13.9. The number of hydrogen-bond acceptors (Lipinski definition) is 2. The van der Waals surface area contributed by atoms with Gasteiger partial charge in [-0.25, -0.2) is 4.39 Å². The first-order chi connectivity index (χ1) is 11.6. The Kier molecular flexibility index (Phi) is 3.72. The van der Waals surface area contributed by atoms with Crippen molar-refractivity contribution >= 4 is 23.2 Å². The Morgan fingerprint density at radius 2 is 2.04 bits per heavy atom. The van der Waals surface area contributed by atoms with E-state index in [9.17, 15) is 9.18 Å². The summed E-state index contributed by atoms with van der Waals surface area (Å²) in [5, 5.41) is 3.73. The average molecular weight is 345 g/mol. The van der Waals surface area contributed by atoms with E-state index in [1.54, 1.807) is 13.0 Å².